The lowest BCUT2D eigenvalue weighted by atomic mass is 9.82. The second-order valence-electron chi connectivity index (χ2n) is 8.44. The smallest absolute Gasteiger partial charge is 0.355 e. The summed E-state index contributed by atoms with van der Waals surface area (Å²) < 4.78 is 7.45. The van der Waals surface area contributed by atoms with Crippen molar-refractivity contribution in [3.8, 4) is 0 Å². The van der Waals surface area contributed by atoms with Crippen LogP contribution in [0.3, 0.4) is 0 Å². The number of urea groups is 1. The van der Waals surface area contributed by atoms with Gasteiger partial charge in [0.15, 0.2) is 0 Å². The van der Waals surface area contributed by atoms with Crippen LogP contribution in [0, 0.1) is 15.5 Å². The second kappa shape index (κ2) is 11.5. The van der Waals surface area contributed by atoms with Crippen LogP contribution in [0.4, 0.5) is 16.2 Å². The number of ether oxygens (including phenoxy) is 1. The molecule has 9 nitrogen and oxygen atoms in total. The topological polar surface area (TPSA) is 105 Å². The SMILES string of the molecule is CCOC(=O)C1(C)CN(C(=O)N(Sc2ccccc2[N+](=O)[O-])c2ccc(Br)cc2)N=C1c1ccc(Cl)cc1. The molecular formula is C26H22BrClN4O5S. The Labute approximate surface area is 236 Å². The lowest BCUT2D eigenvalue weighted by Crippen LogP contribution is -2.43. The maximum Gasteiger partial charge on any atom is 0.355 e. The van der Waals surface area contributed by atoms with Gasteiger partial charge >= 0.3 is 12.0 Å². The predicted molar refractivity (Wildman–Crippen MR) is 150 cm³/mol. The lowest BCUT2D eigenvalue weighted by Gasteiger charge is -2.27. The number of esters is 1. The molecule has 1 atom stereocenters. The second-order valence-corrected chi connectivity index (χ2v) is 10.8. The molecule has 0 fully saturated rings. The first kappa shape index (κ1) is 27.6. The van der Waals surface area contributed by atoms with Gasteiger partial charge < -0.3 is 4.74 Å². The van der Waals surface area contributed by atoms with Gasteiger partial charge in [-0.05, 0) is 61.9 Å². The zero-order chi connectivity index (χ0) is 27.4. The number of carbonyl (C=O) groups excluding carboxylic acids is 2. The maximum absolute atomic E-state index is 14.0. The molecule has 196 valence electrons. The summed E-state index contributed by atoms with van der Waals surface area (Å²) in [6.07, 6.45) is 0. The standard InChI is InChI=1S/C26H22BrClN4O5S/c1-3-37-24(33)26(2)16-30(29-23(26)17-8-12-19(28)13-9-17)25(34)31(20-14-10-18(27)11-15-20)38-22-7-5-4-6-21(22)32(35)36/h4-15H,3,16H2,1-2H3. The molecule has 0 bridgehead atoms. The molecule has 0 spiro atoms. The van der Waals surface area contributed by atoms with E-state index in [1.54, 1.807) is 80.6 Å². The van der Waals surface area contributed by atoms with Crippen molar-refractivity contribution in [3.63, 3.8) is 0 Å². The van der Waals surface area contributed by atoms with Crippen LogP contribution in [-0.4, -0.2) is 40.8 Å². The Kier molecular flexibility index (Phi) is 8.39. The van der Waals surface area contributed by atoms with Gasteiger partial charge in [0.25, 0.3) is 5.69 Å². The van der Waals surface area contributed by atoms with Crippen LogP contribution in [0.15, 0.2) is 87.3 Å². The fraction of sp³-hybridized carbons (Fsp3) is 0.192. The average molecular weight is 618 g/mol. The number of rotatable bonds is 7. The molecule has 1 unspecified atom stereocenters. The van der Waals surface area contributed by atoms with Crippen LogP contribution >= 0.6 is 39.5 Å². The van der Waals surface area contributed by atoms with Gasteiger partial charge in [0.1, 0.15) is 10.3 Å². The van der Waals surface area contributed by atoms with E-state index in [1.807, 2.05) is 0 Å². The van der Waals surface area contributed by atoms with E-state index in [-0.39, 0.29) is 23.7 Å². The monoisotopic (exact) mass is 616 g/mol. The number of hydrogen-bond acceptors (Lipinski definition) is 7. The number of nitrogens with zero attached hydrogens (tertiary/aromatic N) is 4. The molecule has 0 saturated carbocycles. The molecule has 2 amide bonds. The minimum absolute atomic E-state index is 0.0902. The maximum atomic E-state index is 14.0. The van der Waals surface area contributed by atoms with E-state index in [4.69, 9.17) is 16.3 Å². The molecule has 1 aliphatic heterocycles. The third-order valence-corrected chi connectivity index (χ3v) is 7.63. The van der Waals surface area contributed by atoms with Gasteiger partial charge in [-0.15, -0.1) is 0 Å². The Morgan fingerprint density at radius 2 is 1.82 bits per heavy atom. The van der Waals surface area contributed by atoms with Crippen molar-refractivity contribution in [1.82, 2.24) is 5.01 Å². The highest BCUT2D eigenvalue weighted by Gasteiger charge is 2.49. The molecule has 1 aliphatic rings. The Balaban J connectivity index is 1.77. The van der Waals surface area contributed by atoms with Crippen molar-refractivity contribution in [2.45, 2.75) is 18.7 Å². The molecule has 0 aromatic heterocycles. The molecule has 1 heterocycles. The lowest BCUT2D eigenvalue weighted by molar-refractivity contribution is -0.387. The van der Waals surface area contributed by atoms with Crippen molar-refractivity contribution in [2.75, 3.05) is 17.5 Å². The van der Waals surface area contributed by atoms with Crippen LogP contribution in [-0.2, 0) is 9.53 Å². The molecule has 38 heavy (non-hydrogen) atoms. The Morgan fingerprint density at radius 1 is 1.16 bits per heavy atom. The largest absolute Gasteiger partial charge is 0.465 e. The summed E-state index contributed by atoms with van der Waals surface area (Å²) in [5.41, 5.74) is 0.0352. The van der Waals surface area contributed by atoms with E-state index in [1.165, 1.54) is 15.4 Å². The molecule has 0 radical (unpaired) electrons. The number of nitro groups is 1. The normalized spacial score (nSPS) is 16.6. The highest BCUT2D eigenvalue weighted by Crippen LogP contribution is 2.39. The summed E-state index contributed by atoms with van der Waals surface area (Å²) in [7, 11) is 0. The van der Waals surface area contributed by atoms with E-state index in [0.717, 1.165) is 16.4 Å². The Bertz CT molecular complexity index is 1400. The highest BCUT2D eigenvalue weighted by molar-refractivity contribution is 9.10. The van der Waals surface area contributed by atoms with Crippen molar-refractivity contribution >= 4 is 68.6 Å². The number of hydrogen-bond donors (Lipinski definition) is 0. The van der Waals surface area contributed by atoms with Gasteiger partial charge in [-0.2, -0.15) is 5.10 Å². The molecule has 3 aromatic carbocycles. The summed E-state index contributed by atoms with van der Waals surface area (Å²) in [4.78, 5) is 38.5. The fourth-order valence-electron chi connectivity index (χ4n) is 3.85. The number of para-hydroxylation sites is 1. The fourth-order valence-corrected chi connectivity index (χ4v) is 5.22. The first-order valence-corrected chi connectivity index (χ1v) is 13.4. The average Bonchev–Trinajstić information content (AvgIpc) is 3.27. The van der Waals surface area contributed by atoms with E-state index in [2.05, 4.69) is 21.0 Å². The third-order valence-electron chi connectivity index (χ3n) is 5.76. The minimum Gasteiger partial charge on any atom is -0.465 e. The van der Waals surface area contributed by atoms with Gasteiger partial charge in [-0.3, -0.25) is 14.9 Å². The molecule has 12 heteroatoms. The minimum atomic E-state index is -1.26. The molecule has 3 aromatic rings. The first-order valence-electron chi connectivity index (χ1n) is 11.4. The van der Waals surface area contributed by atoms with E-state index in [9.17, 15) is 19.7 Å². The van der Waals surface area contributed by atoms with Gasteiger partial charge in [-0.1, -0.05) is 51.8 Å². The van der Waals surface area contributed by atoms with Crippen molar-refractivity contribution in [2.24, 2.45) is 10.5 Å². The van der Waals surface area contributed by atoms with Crippen molar-refractivity contribution in [3.05, 3.63) is 98.0 Å². The molecule has 0 aliphatic carbocycles. The molecule has 0 saturated heterocycles. The number of halogens is 2. The highest BCUT2D eigenvalue weighted by atomic mass is 79.9. The van der Waals surface area contributed by atoms with Crippen LogP contribution in [0.5, 0.6) is 0 Å². The molecule has 4 rings (SSSR count). The van der Waals surface area contributed by atoms with Crippen LogP contribution in [0.25, 0.3) is 0 Å². The van der Waals surface area contributed by atoms with Crippen LogP contribution in [0.2, 0.25) is 5.02 Å². The van der Waals surface area contributed by atoms with Crippen molar-refractivity contribution in [1.29, 1.82) is 0 Å². The van der Waals surface area contributed by atoms with Gasteiger partial charge in [0.05, 0.1) is 29.5 Å². The summed E-state index contributed by atoms with van der Waals surface area (Å²) in [5.74, 6) is -0.523. The summed E-state index contributed by atoms with van der Waals surface area (Å²) in [6.45, 7) is 3.45. The molecular weight excluding hydrogens is 596 g/mol. The number of benzene rings is 3. The van der Waals surface area contributed by atoms with E-state index < -0.39 is 22.3 Å². The number of amides is 2. The number of hydrazone groups is 1. The van der Waals surface area contributed by atoms with E-state index >= 15 is 0 Å². The van der Waals surface area contributed by atoms with Crippen molar-refractivity contribution < 1.29 is 19.2 Å². The number of carbonyl (C=O) groups is 2. The number of anilines is 1. The zero-order valence-corrected chi connectivity index (χ0v) is 23.5. The first-order chi connectivity index (χ1) is 18.1. The predicted octanol–water partition coefficient (Wildman–Crippen LogP) is 6.93. The summed E-state index contributed by atoms with van der Waals surface area (Å²) >= 11 is 10.3. The van der Waals surface area contributed by atoms with Gasteiger partial charge in [0.2, 0.25) is 0 Å². The quantitative estimate of drug-likeness (QED) is 0.123. The Hall–Kier alpha value is -3.41. The summed E-state index contributed by atoms with van der Waals surface area (Å²) in [6, 6.07) is 19.3. The van der Waals surface area contributed by atoms with Gasteiger partial charge in [-0.25, -0.2) is 14.1 Å². The van der Waals surface area contributed by atoms with Crippen LogP contribution < -0.4 is 4.31 Å². The Morgan fingerprint density at radius 3 is 2.45 bits per heavy atom. The zero-order valence-electron chi connectivity index (χ0n) is 20.3. The van der Waals surface area contributed by atoms with Gasteiger partial charge in [0, 0.05) is 27.5 Å². The van der Waals surface area contributed by atoms with E-state index in [0.29, 0.717) is 22.0 Å². The number of nitro benzene ring substituents is 1. The molecule has 0 N–H and O–H groups in total. The van der Waals surface area contributed by atoms with Crippen LogP contribution in [0.1, 0.15) is 19.4 Å². The summed E-state index contributed by atoms with van der Waals surface area (Å²) in [5, 5.41) is 17.9. The third kappa shape index (κ3) is 5.69.